The summed E-state index contributed by atoms with van der Waals surface area (Å²) in [6, 6.07) is 8.43. The van der Waals surface area contributed by atoms with Crippen LogP contribution in [0.25, 0.3) is 0 Å². The number of benzene rings is 1. The van der Waals surface area contributed by atoms with E-state index in [1.165, 1.54) is 5.56 Å². The second kappa shape index (κ2) is 6.86. The quantitative estimate of drug-likeness (QED) is 0.859. The van der Waals surface area contributed by atoms with Crippen molar-refractivity contribution in [1.29, 1.82) is 0 Å². The van der Waals surface area contributed by atoms with Crippen molar-refractivity contribution < 1.29 is 9.90 Å². The molecule has 0 bridgehead atoms. The van der Waals surface area contributed by atoms with Crippen LogP contribution in [0.3, 0.4) is 0 Å². The minimum absolute atomic E-state index is 0.154. The number of para-hydroxylation sites is 1. The number of aliphatic hydroxyl groups excluding tert-OH is 1. The van der Waals surface area contributed by atoms with E-state index in [1.807, 2.05) is 23.1 Å². The smallest absolute Gasteiger partial charge is 0.241 e. The van der Waals surface area contributed by atoms with Crippen molar-refractivity contribution in [3.05, 3.63) is 29.8 Å². The van der Waals surface area contributed by atoms with E-state index in [-0.39, 0.29) is 12.5 Å². The molecule has 1 heterocycles. The molecule has 4 nitrogen and oxygen atoms in total. The van der Waals surface area contributed by atoms with Crippen molar-refractivity contribution in [3.63, 3.8) is 0 Å². The lowest BCUT2D eigenvalue weighted by Gasteiger charge is -2.28. The van der Waals surface area contributed by atoms with Crippen molar-refractivity contribution in [2.45, 2.75) is 32.7 Å². The van der Waals surface area contributed by atoms with Crippen LogP contribution in [0.5, 0.6) is 0 Å². The molecule has 1 aliphatic heterocycles. The van der Waals surface area contributed by atoms with Gasteiger partial charge in [0, 0.05) is 31.4 Å². The first-order valence-electron chi connectivity index (χ1n) is 7.36. The van der Waals surface area contributed by atoms with E-state index >= 15 is 0 Å². The van der Waals surface area contributed by atoms with Crippen molar-refractivity contribution in [2.75, 3.05) is 31.1 Å². The Labute approximate surface area is 121 Å². The van der Waals surface area contributed by atoms with E-state index < -0.39 is 0 Å². The highest BCUT2D eigenvalue weighted by atomic mass is 16.3. The molecule has 0 spiro atoms. The first-order chi connectivity index (χ1) is 9.63. The van der Waals surface area contributed by atoms with Gasteiger partial charge in [-0.2, -0.15) is 0 Å². The number of rotatable bonds is 6. The number of hydrogen-bond acceptors (Lipinski definition) is 3. The van der Waals surface area contributed by atoms with Crippen LogP contribution >= 0.6 is 0 Å². The molecule has 0 saturated carbocycles. The minimum atomic E-state index is 0.154. The van der Waals surface area contributed by atoms with Gasteiger partial charge in [-0.25, -0.2) is 0 Å². The molecule has 1 aliphatic rings. The molecule has 2 rings (SSSR count). The fourth-order valence-electron chi connectivity index (χ4n) is 2.65. The molecule has 1 aromatic carbocycles. The zero-order valence-electron chi connectivity index (χ0n) is 12.4. The Kier molecular flexibility index (Phi) is 5.15. The van der Waals surface area contributed by atoms with Crippen LogP contribution in [0, 0.1) is 0 Å². The Morgan fingerprint density at radius 2 is 2.15 bits per heavy atom. The normalized spacial score (nSPS) is 14.2. The molecule has 1 N–H and O–H groups in total. The fraction of sp³-hybridized carbons (Fsp3) is 0.562. The molecule has 0 unspecified atom stereocenters. The third-order valence-corrected chi connectivity index (χ3v) is 3.86. The second-order valence-electron chi connectivity index (χ2n) is 5.57. The number of carbonyl (C=O) groups excluding carboxylic acids is 1. The lowest BCUT2D eigenvalue weighted by Crippen LogP contribution is -2.43. The summed E-state index contributed by atoms with van der Waals surface area (Å²) in [4.78, 5) is 16.5. The highest BCUT2D eigenvalue weighted by molar-refractivity contribution is 5.96. The van der Waals surface area contributed by atoms with Crippen LogP contribution in [0.4, 0.5) is 5.69 Å². The summed E-state index contributed by atoms with van der Waals surface area (Å²) in [5.74, 6) is 0.154. The highest BCUT2D eigenvalue weighted by Gasteiger charge is 2.25. The summed E-state index contributed by atoms with van der Waals surface area (Å²) in [6.07, 6.45) is 1.66. The standard InChI is InChI=1S/C16H24N2O2/c1-13(2)17(9-5-11-19)12-16(20)18-10-8-14-6-3-4-7-15(14)18/h3-4,6-7,13,19H,5,8-12H2,1-2H3. The van der Waals surface area contributed by atoms with Gasteiger partial charge in [0.25, 0.3) is 0 Å². The van der Waals surface area contributed by atoms with E-state index in [4.69, 9.17) is 5.11 Å². The molecule has 0 fully saturated rings. The third kappa shape index (κ3) is 3.38. The SMILES string of the molecule is CC(C)N(CCCO)CC(=O)N1CCc2ccccc21. The summed E-state index contributed by atoms with van der Waals surface area (Å²) in [7, 11) is 0. The lowest BCUT2D eigenvalue weighted by molar-refractivity contribution is -0.120. The van der Waals surface area contributed by atoms with Gasteiger partial charge < -0.3 is 10.0 Å². The van der Waals surface area contributed by atoms with E-state index in [0.29, 0.717) is 19.0 Å². The molecular formula is C16H24N2O2. The topological polar surface area (TPSA) is 43.8 Å². The Morgan fingerprint density at radius 3 is 2.85 bits per heavy atom. The van der Waals surface area contributed by atoms with Crippen LogP contribution < -0.4 is 4.90 Å². The van der Waals surface area contributed by atoms with Crippen molar-refractivity contribution in [1.82, 2.24) is 4.90 Å². The molecule has 0 saturated heterocycles. The van der Waals surface area contributed by atoms with E-state index in [9.17, 15) is 4.79 Å². The van der Waals surface area contributed by atoms with Crippen LogP contribution in [-0.4, -0.2) is 48.2 Å². The van der Waals surface area contributed by atoms with Crippen LogP contribution in [0.15, 0.2) is 24.3 Å². The molecule has 110 valence electrons. The van der Waals surface area contributed by atoms with Gasteiger partial charge in [0.1, 0.15) is 0 Å². The first-order valence-corrected chi connectivity index (χ1v) is 7.36. The summed E-state index contributed by atoms with van der Waals surface area (Å²) in [5, 5.41) is 8.95. The van der Waals surface area contributed by atoms with Gasteiger partial charge in [0.05, 0.1) is 6.54 Å². The maximum absolute atomic E-state index is 12.5. The molecule has 0 aliphatic carbocycles. The summed E-state index contributed by atoms with van der Waals surface area (Å²) in [5.41, 5.74) is 2.32. The summed E-state index contributed by atoms with van der Waals surface area (Å²) < 4.78 is 0. The number of hydrogen-bond donors (Lipinski definition) is 1. The number of anilines is 1. The summed E-state index contributed by atoms with van der Waals surface area (Å²) in [6.45, 7) is 6.31. The van der Waals surface area contributed by atoms with Gasteiger partial charge in [-0.05, 0) is 38.3 Å². The predicted octanol–water partition coefficient (Wildman–Crippen LogP) is 1.67. The van der Waals surface area contributed by atoms with Crippen molar-refractivity contribution >= 4 is 11.6 Å². The average Bonchev–Trinajstić information content (AvgIpc) is 2.87. The molecule has 20 heavy (non-hydrogen) atoms. The maximum atomic E-state index is 12.5. The van der Waals surface area contributed by atoms with Gasteiger partial charge in [-0.3, -0.25) is 9.69 Å². The summed E-state index contributed by atoms with van der Waals surface area (Å²) >= 11 is 0. The Bertz CT molecular complexity index is 460. The minimum Gasteiger partial charge on any atom is -0.396 e. The maximum Gasteiger partial charge on any atom is 0.241 e. The van der Waals surface area contributed by atoms with Crippen LogP contribution in [0.2, 0.25) is 0 Å². The number of amides is 1. The van der Waals surface area contributed by atoms with Gasteiger partial charge in [0.15, 0.2) is 0 Å². The lowest BCUT2D eigenvalue weighted by atomic mass is 10.2. The van der Waals surface area contributed by atoms with Gasteiger partial charge >= 0.3 is 0 Å². The predicted molar refractivity (Wildman–Crippen MR) is 80.9 cm³/mol. The molecule has 1 amide bonds. The van der Waals surface area contributed by atoms with E-state index in [2.05, 4.69) is 24.8 Å². The third-order valence-electron chi connectivity index (χ3n) is 3.86. The zero-order chi connectivity index (χ0) is 14.5. The number of aliphatic hydroxyl groups is 1. The van der Waals surface area contributed by atoms with Crippen molar-refractivity contribution in [2.24, 2.45) is 0 Å². The molecular weight excluding hydrogens is 252 g/mol. The van der Waals surface area contributed by atoms with Crippen LogP contribution in [-0.2, 0) is 11.2 Å². The second-order valence-corrected chi connectivity index (χ2v) is 5.57. The zero-order valence-corrected chi connectivity index (χ0v) is 12.4. The van der Waals surface area contributed by atoms with Crippen molar-refractivity contribution in [3.8, 4) is 0 Å². The van der Waals surface area contributed by atoms with Gasteiger partial charge in [-0.15, -0.1) is 0 Å². The van der Waals surface area contributed by atoms with E-state index in [0.717, 1.165) is 25.2 Å². The average molecular weight is 276 g/mol. The van der Waals surface area contributed by atoms with Crippen LogP contribution in [0.1, 0.15) is 25.8 Å². The van der Waals surface area contributed by atoms with Gasteiger partial charge in [-0.1, -0.05) is 18.2 Å². The Balaban J connectivity index is 2.01. The Morgan fingerprint density at radius 1 is 1.40 bits per heavy atom. The monoisotopic (exact) mass is 276 g/mol. The number of fused-ring (bicyclic) bond motifs is 1. The number of nitrogens with zero attached hydrogens (tertiary/aromatic N) is 2. The molecule has 0 aromatic heterocycles. The molecule has 0 radical (unpaired) electrons. The Hall–Kier alpha value is -1.39. The largest absolute Gasteiger partial charge is 0.396 e. The molecule has 0 atom stereocenters. The fourth-order valence-corrected chi connectivity index (χ4v) is 2.65. The molecule has 1 aromatic rings. The van der Waals surface area contributed by atoms with E-state index in [1.54, 1.807) is 0 Å². The van der Waals surface area contributed by atoms with Gasteiger partial charge in [0.2, 0.25) is 5.91 Å². The first kappa shape index (κ1) is 15.0. The molecule has 4 heteroatoms. The highest BCUT2D eigenvalue weighted by Crippen LogP contribution is 2.27. The number of carbonyl (C=O) groups is 1.